The Bertz CT molecular complexity index is 279. The lowest BCUT2D eigenvalue weighted by molar-refractivity contribution is -0.150. The Labute approximate surface area is 117 Å². The molecule has 1 rings (SSSR count). The molecule has 0 aliphatic heterocycles. The molecule has 0 amide bonds. The molecule has 0 heterocycles. The van der Waals surface area contributed by atoms with E-state index in [1.807, 2.05) is 20.8 Å². The number of carbonyl (C=O) groups excluding carboxylic acids is 1. The van der Waals surface area contributed by atoms with Crippen LogP contribution in [0.15, 0.2) is 0 Å². The number of ether oxygens (including phenoxy) is 1. The number of carbonyl (C=O) groups is 1. The fourth-order valence-corrected chi connectivity index (χ4v) is 2.48. The summed E-state index contributed by atoms with van der Waals surface area (Å²) < 4.78 is 5.18. The van der Waals surface area contributed by atoms with Crippen LogP contribution in [0, 0.1) is 5.92 Å². The van der Waals surface area contributed by atoms with Gasteiger partial charge in [-0.05, 0) is 65.6 Å². The fraction of sp³-hybridized carbons (Fsp3) is 0.933. The molecule has 1 fully saturated rings. The average molecular weight is 270 g/mol. The second-order valence-electron chi connectivity index (χ2n) is 5.89. The highest BCUT2D eigenvalue weighted by atomic mass is 16.5. The number of likely N-dealkylation sites (N-methyl/N-ethyl adjacent to an activating group) is 1. The Hall–Kier alpha value is -0.610. The zero-order valence-electron chi connectivity index (χ0n) is 13.0. The van der Waals surface area contributed by atoms with Gasteiger partial charge in [-0.15, -0.1) is 0 Å². The van der Waals surface area contributed by atoms with Crippen molar-refractivity contribution in [1.29, 1.82) is 0 Å². The third-order valence-electron chi connectivity index (χ3n) is 3.78. The molecule has 1 unspecified atom stereocenters. The van der Waals surface area contributed by atoms with Gasteiger partial charge >= 0.3 is 5.97 Å². The molecule has 112 valence electrons. The minimum absolute atomic E-state index is 0.123. The normalized spacial score (nSPS) is 18.4. The van der Waals surface area contributed by atoms with Crippen molar-refractivity contribution >= 4 is 5.97 Å². The Kier molecular flexibility index (Phi) is 6.80. The molecule has 1 aliphatic carbocycles. The summed E-state index contributed by atoms with van der Waals surface area (Å²) in [6, 6.07) is 0. The van der Waals surface area contributed by atoms with Crippen molar-refractivity contribution in [3.05, 3.63) is 0 Å². The summed E-state index contributed by atoms with van der Waals surface area (Å²) >= 11 is 0. The van der Waals surface area contributed by atoms with Crippen molar-refractivity contribution in [2.75, 3.05) is 33.3 Å². The van der Waals surface area contributed by atoms with Crippen molar-refractivity contribution in [3.63, 3.8) is 0 Å². The summed E-state index contributed by atoms with van der Waals surface area (Å²) in [5, 5.41) is 3.28. The van der Waals surface area contributed by atoms with E-state index in [2.05, 4.69) is 17.3 Å². The maximum Gasteiger partial charge on any atom is 0.326 e. The summed E-state index contributed by atoms with van der Waals surface area (Å²) in [6.07, 6.45) is 4.63. The van der Waals surface area contributed by atoms with Crippen LogP contribution in [0.1, 0.15) is 46.5 Å². The van der Waals surface area contributed by atoms with E-state index < -0.39 is 5.54 Å². The van der Waals surface area contributed by atoms with Gasteiger partial charge in [0.05, 0.1) is 6.61 Å². The third-order valence-corrected chi connectivity index (χ3v) is 3.78. The SMILES string of the molecule is CCNC(C)(CCCN(C)CC1CC1)C(=O)OCC. The summed E-state index contributed by atoms with van der Waals surface area (Å²) in [7, 11) is 2.17. The number of hydrogen-bond acceptors (Lipinski definition) is 4. The quantitative estimate of drug-likeness (QED) is 0.617. The second-order valence-corrected chi connectivity index (χ2v) is 5.89. The van der Waals surface area contributed by atoms with E-state index in [9.17, 15) is 4.79 Å². The molecule has 0 bridgehead atoms. The molecule has 0 aromatic heterocycles. The number of rotatable bonds is 10. The Morgan fingerprint density at radius 2 is 2.11 bits per heavy atom. The highest BCUT2D eigenvalue weighted by molar-refractivity contribution is 5.80. The number of esters is 1. The first kappa shape index (κ1) is 16.4. The Morgan fingerprint density at radius 1 is 1.42 bits per heavy atom. The van der Waals surface area contributed by atoms with Crippen LogP contribution in [-0.2, 0) is 9.53 Å². The minimum atomic E-state index is -0.537. The lowest BCUT2D eigenvalue weighted by Gasteiger charge is -2.29. The summed E-state index contributed by atoms with van der Waals surface area (Å²) in [5.74, 6) is 0.803. The van der Waals surface area contributed by atoms with Crippen LogP contribution in [-0.4, -0.2) is 49.7 Å². The van der Waals surface area contributed by atoms with Crippen molar-refractivity contribution in [3.8, 4) is 0 Å². The van der Waals surface area contributed by atoms with Gasteiger partial charge in [0.15, 0.2) is 0 Å². The first-order valence-electron chi connectivity index (χ1n) is 7.62. The molecule has 4 heteroatoms. The molecule has 1 aliphatic rings. The van der Waals surface area contributed by atoms with E-state index in [-0.39, 0.29) is 5.97 Å². The molecular formula is C15H30N2O2. The van der Waals surface area contributed by atoms with Gasteiger partial charge in [0, 0.05) is 6.54 Å². The summed E-state index contributed by atoms with van der Waals surface area (Å²) in [5.41, 5.74) is -0.537. The van der Waals surface area contributed by atoms with Crippen molar-refractivity contribution < 1.29 is 9.53 Å². The lowest BCUT2D eigenvalue weighted by Crippen LogP contribution is -2.50. The van der Waals surface area contributed by atoms with Gasteiger partial charge in [0.2, 0.25) is 0 Å². The summed E-state index contributed by atoms with van der Waals surface area (Å²) in [6.45, 7) is 9.32. The van der Waals surface area contributed by atoms with E-state index >= 15 is 0 Å². The van der Waals surface area contributed by atoms with Crippen LogP contribution < -0.4 is 5.32 Å². The predicted molar refractivity (Wildman–Crippen MR) is 78.2 cm³/mol. The van der Waals surface area contributed by atoms with Crippen LogP contribution in [0.2, 0.25) is 0 Å². The number of hydrogen-bond donors (Lipinski definition) is 1. The van der Waals surface area contributed by atoms with E-state index in [1.54, 1.807) is 0 Å². The zero-order chi connectivity index (χ0) is 14.3. The van der Waals surface area contributed by atoms with Crippen LogP contribution in [0.25, 0.3) is 0 Å². The summed E-state index contributed by atoms with van der Waals surface area (Å²) in [4.78, 5) is 14.4. The van der Waals surface area contributed by atoms with Gasteiger partial charge < -0.3 is 15.0 Å². The van der Waals surface area contributed by atoms with Crippen molar-refractivity contribution in [2.24, 2.45) is 5.92 Å². The molecular weight excluding hydrogens is 240 g/mol. The fourth-order valence-electron chi connectivity index (χ4n) is 2.48. The first-order chi connectivity index (χ1) is 9.01. The van der Waals surface area contributed by atoms with Gasteiger partial charge in [-0.2, -0.15) is 0 Å². The largest absolute Gasteiger partial charge is 0.465 e. The van der Waals surface area contributed by atoms with Crippen LogP contribution in [0.3, 0.4) is 0 Å². The van der Waals surface area contributed by atoms with E-state index in [0.717, 1.165) is 31.8 Å². The van der Waals surface area contributed by atoms with Gasteiger partial charge in [-0.25, -0.2) is 0 Å². The standard InChI is InChI=1S/C15H30N2O2/c1-5-16-15(3,14(18)19-6-2)10-7-11-17(4)12-13-8-9-13/h13,16H,5-12H2,1-4H3. The highest BCUT2D eigenvalue weighted by Crippen LogP contribution is 2.29. The molecule has 4 nitrogen and oxygen atoms in total. The second kappa shape index (κ2) is 7.85. The lowest BCUT2D eigenvalue weighted by atomic mass is 9.95. The first-order valence-corrected chi connectivity index (χ1v) is 7.62. The van der Waals surface area contributed by atoms with E-state index in [1.165, 1.54) is 19.4 Å². The molecule has 0 aromatic carbocycles. The van der Waals surface area contributed by atoms with Crippen molar-refractivity contribution in [1.82, 2.24) is 10.2 Å². The number of nitrogens with one attached hydrogen (secondary N) is 1. The monoisotopic (exact) mass is 270 g/mol. The van der Waals surface area contributed by atoms with E-state index in [0.29, 0.717) is 6.61 Å². The third kappa shape index (κ3) is 5.91. The smallest absolute Gasteiger partial charge is 0.326 e. The van der Waals surface area contributed by atoms with Crippen LogP contribution in [0.4, 0.5) is 0 Å². The van der Waals surface area contributed by atoms with Gasteiger partial charge in [0.25, 0.3) is 0 Å². The van der Waals surface area contributed by atoms with Gasteiger partial charge in [0.1, 0.15) is 5.54 Å². The predicted octanol–water partition coefficient (Wildman–Crippen LogP) is 2.04. The van der Waals surface area contributed by atoms with Crippen molar-refractivity contribution in [2.45, 2.75) is 52.0 Å². The molecule has 19 heavy (non-hydrogen) atoms. The molecule has 0 spiro atoms. The number of nitrogens with zero attached hydrogens (tertiary/aromatic N) is 1. The van der Waals surface area contributed by atoms with Gasteiger partial charge in [-0.1, -0.05) is 6.92 Å². The maximum absolute atomic E-state index is 12.0. The topological polar surface area (TPSA) is 41.6 Å². The van der Waals surface area contributed by atoms with Crippen LogP contribution in [0.5, 0.6) is 0 Å². The molecule has 1 saturated carbocycles. The minimum Gasteiger partial charge on any atom is -0.465 e. The highest BCUT2D eigenvalue weighted by Gasteiger charge is 2.33. The molecule has 0 aromatic rings. The Morgan fingerprint density at radius 3 is 2.63 bits per heavy atom. The maximum atomic E-state index is 12.0. The van der Waals surface area contributed by atoms with Crippen LogP contribution >= 0.6 is 0 Å². The molecule has 1 N–H and O–H groups in total. The Balaban J connectivity index is 2.32. The zero-order valence-corrected chi connectivity index (χ0v) is 13.0. The molecule has 1 atom stereocenters. The average Bonchev–Trinajstić information content (AvgIpc) is 3.13. The molecule has 0 radical (unpaired) electrons. The van der Waals surface area contributed by atoms with Gasteiger partial charge in [-0.3, -0.25) is 4.79 Å². The molecule has 0 saturated heterocycles. The van der Waals surface area contributed by atoms with E-state index in [4.69, 9.17) is 4.74 Å².